The van der Waals surface area contributed by atoms with Crippen LogP contribution in [-0.2, 0) is 16.8 Å². The van der Waals surface area contributed by atoms with Crippen molar-refractivity contribution in [3.05, 3.63) is 17.5 Å². The third-order valence-electron chi connectivity index (χ3n) is 3.16. The highest BCUT2D eigenvalue weighted by Crippen LogP contribution is 2.19. The van der Waals surface area contributed by atoms with Crippen LogP contribution in [0.25, 0.3) is 0 Å². The Labute approximate surface area is 108 Å². The van der Waals surface area contributed by atoms with E-state index in [1.807, 2.05) is 6.92 Å². The van der Waals surface area contributed by atoms with Crippen LogP contribution in [0.4, 0.5) is 0 Å². The second-order valence-corrected chi connectivity index (χ2v) is 6.42. The van der Waals surface area contributed by atoms with Crippen molar-refractivity contribution in [1.29, 1.82) is 0 Å². The Morgan fingerprint density at radius 2 is 2.33 bits per heavy atom. The number of aryl methyl sites for hydroxylation is 1. The number of aromatic nitrogens is 1. The Hall–Kier alpha value is -0.920. The molecule has 0 aromatic carbocycles. The molecular weight excluding hydrogens is 254 g/mol. The first-order valence-corrected chi connectivity index (χ1v) is 7.61. The zero-order valence-corrected chi connectivity index (χ0v) is 11.5. The summed E-state index contributed by atoms with van der Waals surface area (Å²) < 4.78 is 33.3. The van der Waals surface area contributed by atoms with E-state index in [1.54, 1.807) is 13.0 Å². The predicted octanol–water partition coefficient (Wildman–Crippen LogP) is 1.19. The fourth-order valence-electron chi connectivity index (χ4n) is 2.17. The van der Waals surface area contributed by atoms with Gasteiger partial charge in [-0.15, -0.1) is 0 Å². The molecule has 0 spiro atoms. The highest BCUT2D eigenvalue weighted by atomic mass is 32.2. The minimum absolute atomic E-state index is 0.0627. The molecular formula is C11H19N3O3S. The quantitative estimate of drug-likeness (QED) is 0.894. The van der Waals surface area contributed by atoms with Gasteiger partial charge in [0, 0.05) is 18.7 Å². The zero-order valence-electron chi connectivity index (χ0n) is 10.7. The number of piperidine rings is 1. The number of nitrogens with one attached hydrogen (secondary N) is 1. The average molecular weight is 273 g/mol. The topological polar surface area (TPSA) is 75.4 Å². The van der Waals surface area contributed by atoms with Gasteiger partial charge in [-0.25, -0.2) is 0 Å². The van der Waals surface area contributed by atoms with Crippen LogP contribution in [0.2, 0.25) is 0 Å². The molecule has 6 nitrogen and oxygen atoms in total. The van der Waals surface area contributed by atoms with Crippen molar-refractivity contribution in [2.45, 2.75) is 45.7 Å². The molecule has 1 fully saturated rings. The lowest BCUT2D eigenvalue weighted by Gasteiger charge is -2.32. The minimum Gasteiger partial charge on any atom is -0.360 e. The van der Waals surface area contributed by atoms with E-state index < -0.39 is 10.2 Å². The Morgan fingerprint density at radius 3 is 2.94 bits per heavy atom. The predicted molar refractivity (Wildman–Crippen MR) is 67.0 cm³/mol. The monoisotopic (exact) mass is 273 g/mol. The summed E-state index contributed by atoms with van der Waals surface area (Å²) >= 11 is 0. The molecule has 1 N–H and O–H groups in total. The van der Waals surface area contributed by atoms with E-state index >= 15 is 0 Å². The third-order valence-corrected chi connectivity index (χ3v) is 4.83. The van der Waals surface area contributed by atoms with Crippen molar-refractivity contribution in [3.8, 4) is 0 Å². The van der Waals surface area contributed by atoms with Crippen molar-refractivity contribution in [1.82, 2.24) is 14.2 Å². The second-order valence-electron chi connectivity index (χ2n) is 4.72. The highest BCUT2D eigenvalue weighted by molar-refractivity contribution is 7.87. The Balaban J connectivity index is 1.98. The van der Waals surface area contributed by atoms with E-state index in [4.69, 9.17) is 4.52 Å². The van der Waals surface area contributed by atoms with E-state index in [9.17, 15) is 8.42 Å². The first kappa shape index (κ1) is 13.5. The first-order chi connectivity index (χ1) is 8.49. The number of hydrogen-bond donors (Lipinski definition) is 1. The molecule has 0 bridgehead atoms. The maximum absolute atomic E-state index is 12.1. The summed E-state index contributed by atoms with van der Waals surface area (Å²) in [6, 6.07) is 1.79. The van der Waals surface area contributed by atoms with Crippen LogP contribution in [-0.4, -0.2) is 30.5 Å². The number of hydrogen-bond acceptors (Lipinski definition) is 4. The van der Waals surface area contributed by atoms with Gasteiger partial charge in [-0.3, -0.25) is 0 Å². The third kappa shape index (κ3) is 3.09. The SMILES string of the molecule is Cc1cc(CNS(=O)(=O)N2CCCCC2C)on1. The molecule has 1 saturated heterocycles. The maximum atomic E-state index is 12.1. The smallest absolute Gasteiger partial charge is 0.280 e. The van der Waals surface area contributed by atoms with Crippen LogP contribution in [0, 0.1) is 6.92 Å². The van der Waals surface area contributed by atoms with Crippen molar-refractivity contribution in [3.63, 3.8) is 0 Å². The highest BCUT2D eigenvalue weighted by Gasteiger charge is 2.29. The van der Waals surface area contributed by atoms with Crippen LogP contribution in [0.3, 0.4) is 0 Å². The molecule has 18 heavy (non-hydrogen) atoms. The van der Waals surface area contributed by atoms with Gasteiger partial charge >= 0.3 is 0 Å². The summed E-state index contributed by atoms with van der Waals surface area (Å²) in [5, 5.41) is 3.72. The number of nitrogens with zero attached hydrogens (tertiary/aromatic N) is 2. The van der Waals surface area contributed by atoms with Gasteiger partial charge in [-0.05, 0) is 26.7 Å². The summed E-state index contributed by atoms with van der Waals surface area (Å²) in [4.78, 5) is 0. The van der Waals surface area contributed by atoms with Gasteiger partial charge in [0.1, 0.15) is 0 Å². The van der Waals surface area contributed by atoms with Gasteiger partial charge in [0.2, 0.25) is 0 Å². The van der Waals surface area contributed by atoms with Crippen LogP contribution < -0.4 is 4.72 Å². The summed E-state index contributed by atoms with van der Waals surface area (Å²) in [5.41, 5.74) is 0.746. The van der Waals surface area contributed by atoms with Gasteiger partial charge in [-0.1, -0.05) is 11.6 Å². The molecule has 1 aromatic rings. The Kier molecular flexibility index (Phi) is 4.04. The van der Waals surface area contributed by atoms with Crippen LogP contribution in [0.1, 0.15) is 37.6 Å². The molecule has 7 heteroatoms. The lowest BCUT2D eigenvalue weighted by atomic mass is 10.1. The van der Waals surface area contributed by atoms with E-state index in [0.717, 1.165) is 25.0 Å². The molecule has 1 aliphatic heterocycles. The largest absolute Gasteiger partial charge is 0.360 e. The molecule has 0 saturated carbocycles. The molecule has 1 aliphatic rings. The summed E-state index contributed by atoms with van der Waals surface area (Å²) in [6.07, 6.45) is 2.93. The lowest BCUT2D eigenvalue weighted by molar-refractivity contribution is 0.264. The summed E-state index contributed by atoms with van der Waals surface area (Å²) in [7, 11) is -3.43. The van der Waals surface area contributed by atoms with E-state index in [0.29, 0.717) is 12.3 Å². The standard InChI is InChI=1S/C11H19N3O3S/c1-9-7-11(17-13-9)8-12-18(15,16)14-6-4-3-5-10(14)2/h7,10,12H,3-6,8H2,1-2H3. The van der Waals surface area contributed by atoms with Gasteiger partial charge < -0.3 is 4.52 Å². The fourth-order valence-corrected chi connectivity index (χ4v) is 3.61. The summed E-state index contributed by atoms with van der Waals surface area (Å²) in [5.74, 6) is 0.528. The summed E-state index contributed by atoms with van der Waals surface area (Å²) in [6.45, 7) is 4.48. The van der Waals surface area contributed by atoms with Crippen molar-refractivity contribution >= 4 is 10.2 Å². The average Bonchev–Trinajstić information content (AvgIpc) is 2.73. The van der Waals surface area contributed by atoms with Gasteiger partial charge in [0.05, 0.1) is 12.2 Å². The van der Waals surface area contributed by atoms with E-state index in [1.165, 1.54) is 4.31 Å². The minimum atomic E-state index is -3.43. The van der Waals surface area contributed by atoms with Crippen LogP contribution >= 0.6 is 0 Å². The molecule has 0 amide bonds. The molecule has 2 heterocycles. The van der Waals surface area contributed by atoms with Gasteiger partial charge in [0.25, 0.3) is 10.2 Å². The molecule has 2 rings (SSSR count). The molecule has 102 valence electrons. The van der Waals surface area contributed by atoms with Crippen molar-refractivity contribution < 1.29 is 12.9 Å². The Bertz CT molecular complexity index is 497. The van der Waals surface area contributed by atoms with E-state index in [-0.39, 0.29) is 12.6 Å². The molecule has 0 radical (unpaired) electrons. The molecule has 0 aliphatic carbocycles. The van der Waals surface area contributed by atoms with Gasteiger partial charge in [-0.2, -0.15) is 17.4 Å². The fraction of sp³-hybridized carbons (Fsp3) is 0.727. The van der Waals surface area contributed by atoms with Gasteiger partial charge in [0.15, 0.2) is 5.76 Å². The lowest BCUT2D eigenvalue weighted by Crippen LogP contribution is -2.47. The molecule has 1 atom stereocenters. The zero-order chi connectivity index (χ0) is 13.2. The first-order valence-electron chi connectivity index (χ1n) is 6.17. The number of rotatable bonds is 4. The normalized spacial score (nSPS) is 22.2. The van der Waals surface area contributed by atoms with E-state index in [2.05, 4.69) is 9.88 Å². The van der Waals surface area contributed by atoms with Crippen LogP contribution in [0.15, 0.2) is 10.6 Å². The van der Waals surface area contributed by atoms with Crippen LogP contribution in [0.5, 0.6) is 0 Å². The second kappa shape index (κ2) is 5.38. The maximum Gasteiger partial charge on any atom is 0.280 e. The molecule has 1 aromatic heterocycles. The Morgan fingerprint density at radius 1 is 1.56 bits per heavy atom. The van der Waals surface area contributed by atoms with Crippen molar-refractivity contribution in [2.24, 2.45) is 0 Å². The molecule has 1 unspecified atom stereocenters. The van der Waals surface area contributed by atoms with Crippen molar-refractivity contribution in [2.75, 3.05) is 6.54 Å².